The normalized spacial score (nSPS) is 19.3. The van der Waals surface area contributed by atoms with Crippen LogP contribution in [0.2, 0.25) is 0 Å². The van der Waals surface area contributed by atoms with E-state index < -0.39 is 6.10 Å². The summed E-state index contributed by atoms with van der Waals surface area (Å²) in [6.07, 6.45) is -0.602. The molecular weight excluding hydrogens is 322 g/mol. The first-order valence-electron chi connectivity index (χ1n) is 8.28. The fraction of sp³-hybridized carbons (Fsp3) is 0.412. The lowest BCUT2D eigenvalue weighted by Crippen LogP contribution is -2.50. The molecule has 2 amide bonds. The number of nitrogens with zero attached hydrogens (tertiary/aromatic N) is 5. The summed E-state index contributed by atoms with van der Waals surface area (Å²) in [4.78, 5) is 28.5. The molecule has 0 aliphatic carbocycles. The number of aromatic nitrogens is 3. The van der Waals surface area contributed by atoms with E-state index >= 15 is 0 Å². The van der Waals surface area contributed by atoms with Crippen LogP contribution in [0.4, 0.5) is 5.69 Å². The molecule has 8 heteroatoms. The second-order valence-corrected chi connectivity index (χ2v) is 6.28. The Bertz CT molecular complexity index is 847. The average Bonchev–Trinajstić information content (AvgIpc) is 2.99. The summed E-state index contributed by atoms with van der Waals surface area (Å²) in [6, 6.07) is 7.28. The van der Waals surface area contributed by atoms with Gasteiger partial charge < -0.3 is 14.2 Å². The SMILES string of the molecule is Cc1nnc2n1CCN(C(=O)CN1C(=O)C(C)Oc3ccccc31)C2. The van der Waals surface area contributed by atoms with Crippen molar-refractivity contribution < 1.29 is 14.3 Å². The highest BCUT2D eigenvalue weighted by Gasteiger charge is 2.34. The number of carbonyl (C=O) groups excluding carboxylic acids is 2. The van der Waals surface area contributed by atoms with Gasteiger partial charge >= 0.3 is 0 Å². The van der Waals surface area contributed by atoms with Gasteiger partial charge in [-0.15, -0.1) is 10.2 Å². The molecule has 2 aromatic rings. The van der Waals surface area contributed by atoms with Gasteiger partial charge in [-0.25, -0.2) is 0 Å². The van der Waals surface area contributed by atoms with Gasteiger partial charge in [0.1, 0.15) is 18.1 Å². The Labute approximate surface area is 145 Å². The lowest BCUT2D eigenvalue weighted by atomic mass is 10.2. The first kappa shape index (κ1) is 15.6. The molecule has 3 heterocycles. The van der Waals surface area contributed by atoms with Gasteiger partial charge in [0.25, 0.3) is 5.91 Å². The molecule has 130 valence electrons. The van der Waals surface area contributed by atoms with Crippen LogP contribution in [0.5, 0.6) is 5.75 Å². The molecule has 0 saturated carbocycles. The molecule has 2 aliphatic rings. The fourth-order valence-corrected chi connectivity index (χ4v) is 3.27. The minimum atomic E-state index is -0.602. The molecule has 0 fully saturated rings. The maximum absolute atomic E-state index is 12.8. The monoisotopic (exact) mass is 341 g/mol. The Morgan fingerprint density at radius 2 is 2.08 bits per heavy atom. The van der Waals surface area contributed by atoms with Gasteiger partial charge in [0.15, 0.2) is 11.9 Å². The molecule has 1 aromatic heterocycles. The van der Waals surface area contributed by atoms with Gasteiger partial charge in [0.05, 0.1) is 12.2 Å². The molecule has 25 heavy (non-hydrogen) atoms. The van der Waals surface area contributed by atoms with Crippen molar-refractivity contribution in [3.63, 3.8) is 0 Å². The van der Waals surface area contributed by atoms with Gasteiger partial charge in [0.2, 0.25) is 5.91 Å². The zero-order valence-electron chi connectivity index (χ0n) is 14.2. The van der Waals surface area contributed by atoms with Crippen LogP contribution in [0.3, 0.4) is 0 Å². The van der Waals surface area contributed by atoms with Gasteiger partial charge in [-0.3, -0.25) is 14.5 Å². The predicted octanol–water partition coefficient (Wildman–Crippen LogP) is 0.743. The number of carbonyl (C=O) groups is 2. The number of benzene rings is 1. The topological polar surface area (TPSA) is 80.6 Å². The Hall–Kier alpha value is -2.90. The second-order valence-electron chi connectivity index (χ2n) is 6.28. The van der Waals surface area contributed by atoms with Gasteiger partial charge in [-0.2, -0.15) is 0 Å². The molecule has 0 bridgehead atoms. The average molecular weight is 341 g/mol. The highest BCUT2D eigenvalue weighted by Crippen LogP contribution is 2.33. The zero-order valence-corrected chi connectivity index (χ0v) is 14.2. The first-order chi connectivity index (χ1) is 12.0. The van der Waals surface area contributed by atoms with Crippen LogP contribution >= 0.6 is 0 Å². The maximum atomic E-state index is 12.8. The number of fused-ring (bicyclic) bond motifs is 2. The summed E-state index contributed by atoms with van der Waals surface area (Å²) in [5.41, 5.74) is 0.634. The summed E-state index contributed by atoms with van der Waals surface area (Å²) in [5, 5.41) is 8.17. The molecule has 2 aliphatic heterocycles. The molecule has 0 radical (unpaired) electrons. The molecule has 1 unspecified atom stereocenters. The van der Waals surface area contributed by atoms with Gasteiger partial charge in [-0.05, 0) is 26.0 Å². The van der Waals surface area contributed by atoms with E-state index in [-0.39, 0.29) is 18.4 Å². The highest BCUT2D eigenvalue weighted by atomic mass is 16.5. The Morgan fingerprint density at radius 1 is 1.28 bits per heavy atom. The third kappa shape index (κ3) is 2.63. The highest BCUT2D eigenvalue weighted by molar-refractivity contribution is 6.03. The molecule has 0 N–H and O–H groups in total. The van der Waals surface area contributed by atoms with E-state index in [1.165, 1.54) is 4.90 Å². The minimum Gasteiger partial charge on any atom is -0.479 e. The zero-order chi connectivity index (χ0) is 17.6. The van der Waals surface area contributed by atoms with Gasteiger partial charge in [0, 0.05) is 13.1 Å². The number of aryl methyl sites for hydroxylation is 1. The van der Waals surface area contributed by atoms with Crippen molar-refractivity contribution in [3.8, 4) is 5.75 Å². The van der Waals surface area contributed by atoms with E-state index in [1.807, 2.05) is 29.7 Å². The van der Waals surface area contributed by atoms with Crippen LogP contribution in [0.15, 0.2) is 24.3 Å². The van der Waals surface area contributed by atoms with E-state index in [1.54, 1.807) is 17.9 Å². The molecule has 1 atom stereocenters. The van der Waals surface area contributed by atoms with Crippen LogP contribution < -0.4 is 9.64 Å². The first-order valence-corrected chi connectivity index (χ1v) is 8.28. The fourth-order valence-electron chi connectivity index (χ4n) is 3.27. The number of hydrogen-bond acceptors (Lipinski definition) is 5. The quantitative estimate of drug-likeness (QED) is 0.805. The third-order valence-corrected chi connectivity index (χ3v) is 4.66. The summed E-state index contributed by atoms with van der Waals surface area (Å²) >= 11 is 0. The van der Waals surface area contributed by atoms with Crippen LogP contribution in [0.25, 0.3) is 0 Å². The van der Waals surface area contributed by atoms with E-state index in [0.29, 0.717) is 31.1 Å². The number of ether oxygens (including phenoxy) is 1. The minimum absolute atomic E-state index is 0.00331. The van der Waals surface area contributed by atoms with Crippen LogP contribution in [0.1, 0.15) is 18.6 Å². The van der Waals surface area contributed by atoms with Crippen LogP contribution in [-0.4, -0.2) is 50.7 Å². The lowest BCUT2D eigenvalue weighted by molar-refractivity contribution is -0.134. The summed E-state index contributed by atoms with van der Waals surface area (Å²) in [5.74, 6) is 1.94. The lowest BCUT2D eigenvalue weighted by Gasteiger charge is -2.34. The number of para-hydroxylation sites is 2. The van der Waals surface area contributed by atoms with Gasteiger partial charge in [-0.1, -0.05) is 12.1 Å². The molecule has 1 aromatic carbocycles. The number of anilines is 1. The van der Waals surface area contributed by atoms with Crippen molar-refractivity contribution in [2.45, 2.75) is 33.0 Å². The number of rotatable bonds is 2. The molecular formula is C17H19N5O3. The third-order valence-electron chi connectivity index (χ3n) is 4.66. The Kier molecular flexibility index (Phi) is 3.67. The van der Waals surface area contributed by atoms with E-state index in [0.717, 1.165) is 11.6 Å². The van der Waals surface area contributed by atoms with Crippen LogP contribution in [-0.2, 0) is 22.7 Å². The predicted molar refractivity (Wildman–Crippen MR) is 89.1 cm³/mol. The number of hydrogen-bond donors (Lipinski definition) is 0. The molecule has 4 rings (SSSR count). The Morgan fingerprint density at radius 3 is 2.92 bits per heavy atom. The van der Waals surface area contributed by atoms with Crippen molar-refractivity contribution in [1.29, 1.82) is 0 Å². The van der Waals surface area contributed by atoms with E-state index in [9.17, 15) is 9.59 Å². The smallest absolute Gasteiger partial charge is 0.268 e. The summed E-state index contributed by atoms with van der Waals surface area (Å²) in [6.45, 7) is 5.26. The second kappa shape index (κ2) is 5.87. The Balaban J connectivity index is 1.54. The summed E-state index contributed by atoms with van der Waals surface area (Å²) < 4.78 is 7.63. The standard InChI is InChI=1S/C17H19N5O3/c1-11-17(24)22(13-5-3-4-6-14(13)25-11)10-16(23)20-7-8-21-12(2)18-19-15(21)9-20/h3-6,11H,7-10H2,1-2H3. The maximum Gasteiger partial charge on any atom is 0.268 e. The largest absolute Gasteiger partial charge is 0.479 e. The van der Waals surface area contributed by atoms with Crippen molar-refractivity contribution in [2.75, 3.05) is 18.0 Å². The van der Waals surface area contributed by atoms with Crippen molar-refractivity contribution in [1.82, 2.24) is 19.7 Å². The van der Waals surface area contributed by atoms with Crippen LogP contribution in [0, 0.1) is 6.92 Å². The molecule has 8 nitrogen and oxygen atoms in total. The molecule has 0 saturated heterocycles. The number of amides is 2. The van der Waals surface area contributed by atoms with Crippen molar-refractivity contribution in [3.05, 3.63) is 35.9 Å². The van der Waals surface area contributed by atoms with Crippen molar-refractivity contribution >= 4 is 17.5 Å². The van der Waals surface area contributed by atoms with E-state index in [2.05, 4.69) is 10.2 Å². The molecule has 0 spiro atoms. The summed E-state index contributed by atoms with van der Waals surface area (Å²) in [7, 11) is 0. The van der Waals surface area contributed by atoms with E-state index in [4.69, 9.17) is 4.74 Å². The van der Waals surface area contributed by atoms with Crippen molar-refractivity contribution in [2.24, 2.45) is 0 Å².